The highest BCUT2D eigenvalue weighted by Gasteiger charge is 2.15. The Labute approximate surface area is 121 Å². The molecule has 2 aromatic rings. The van der Waals surface area contributed by atoms with Crippen molar-refractivity contribution in [3.8, 4) is 5.75 Å². The monoisotopic (exact) mass is 274 g/mol. The molecule has 0 unspecified atom stereocenters. The average molecular weight is 274 g/mol. The van der Waals surface area contributed by atoms with Crippen molar-refractivity contribution in [2.75, 3.05) is 6.54 Å². The van der Waals surface area contributed by atoms with Crippen molar-refractivity contribution in [3.05, 3.63) is 29.5 Å². The summed E-state index contributed by atoms with van der Waals surface area (Å²) in [6, 6.07) is 5.06. The third kappa shape index (κ3) is 2.83. The summed E-state index contributed by atoms with van der Waals surface area (Å²) < 4.78 is 0. The summed E-state index contributed by atoms with van der Waals surface area (Å²) in [5.41, 5.74) is 3.15. The molecule has 0 fully saturated rings. The standard InChI is InChI=1S/C17H26N2O/c1-11(2)19(12(3)4)9-8-14-10-18-15-7-6-13(5)17(20)16(14)15/h6-7,10-12,18,20H,8-9H2,1-5H3. The Morgan fingerprint density at radius 2 is 1.80 bits per heavy atom. The molecule has 0 saturated carbocycles. The Morgan fingerprint density at radius 1 is 1.15 bits per heavy atom. The molecule has 0 radical (unpaired) electrons. The Bertz CT molecular complexity index is 576. The number of fused-ring (bicyclic) bond motifs is 1. The predicted octanol–water partition coefficient (Wildman–Crippen LogP) is 3.84. The first-order valence-corrected chi connectivity index (χ1v) is 7.46. The zero-order chi connectivity index (χ0) is 14.9. The maximum absolute atomic E-state index is 10.3. The number of benzene rings is 1. The summed E-state index contributed by atoms with van der Waals surface area (Å²) in [7, 11) is 0. The number of hydrogen-bond acceptors (Lipinski definition) is 2. The van der Waals surface area contributed by atoms with Crippen LogP contribution >= 0.6 is 0 Å². The molecule has 0 amide bonds. The predicted molar refractivity (Wildman–Crippen MR) is 85.4 cm³/mol. The number of hydrogen-bond donors (Lipinski definition) is 2. The van der Waals surface area contributed by atoms with Gasteiger partial charge in [-0.1, -0.05) is 6.07 Å². The second-order valence-corrected chi connectivity index (χ2v) is 6.14. The number of nitrogens with zero attached hydrogens (tertiary/aromatic N) is 1. The van der Waals surface area contributed by atoms with Gasteiger partial charge < -0.3 is 10.1 Å². The van der Waals surface area contributed by atoms with Crippen LogP contribution in [0.5, 0.6) is 5.75 Å². The number of phenols is 1. The van der Waals surface area contributed by atoms with E-state index in [9.17, 15) is 5.11 Å². The average Bonchev–Trinajstić information content (AvgIpc) is 2.77. The van der Waals surface area contributed by atoms with Crippen molar-refractivity contribution in [1.29, 1.82) is 0 Å². The van der Waals surface area contributed by atoms with Crippen molar-refractivity contribution in [2.45, 2.75) is 53.1 Å². The molecule has 0 aliphatic rings. The van der Waals surface area contributed by atoms with Crippen LogP contribution in [0.15, 0.2) is 18.3 Å². The Hall–Kier alpha value is -1.48. The van der Waals surface area contributed by atoms with E-state index in [4.69, 9.17) is 0 Å². The fourth-order valence-electron chi connectivity index (χ4n) is 2.94. The lowest BCUT2D eigenvalue weighted by atomic mass is 10.1. The first-order chi connectivity index (χ1) is 9.41. The number of rotatable bonds is 5. The van der Waals surface area contributed by atoms with Gasteiger partial charge in [0.1, 0.15) is 5.75 Å². The fourth-order valence-corrected chi connectivity index (χ4v) is 2.94. The molecule has 20 heavy (non-hydrogen) atoms. The molecule has 2 rings (SSSR count). The largest absolute Gasteiger partial charge is 0.507 e. The van der Waals surface area contributed by atoms with Crippen LogP contribution in [0.3, 0.4) is 0 Å². The van der Waals surface area contributed by atoms with Gasteiger partial charge in [-0.2, -0.15) is 0 Å². The molecule has 1 heterocycles. The van der Waals surface area contributed by atoms with Crippen LogP contribution in [-0.4, -0.2) is 33.6 Å². The van der Waals surface area contributed by atoms with Crippen LogP contribution in [0.4, 0.5) is 0 Å². The van der Waals surface area contributed by atoms with Gasteiger partial charge in [-0.05, 0) is 58.2 Å². The molecule has 110 valence electrons. The SMILES string of the molecule is Cc1ccc2[nH]cc(CCN(C(C)C)C(C)C)c2c1O. The van der Waals surface area contributed by atoms with Gasteiger partial charge in [0, 0.05) is 35.7 Å². The molecule has 0 bridgehead atoms. The zero-order valence-corrected chi connectivity index (χ0v) is 13.2. The highest BCUT2D eigenvalue weighted by atomic mass is 16.3. The van der Waals surface area contributed by atoms with E-state index in [0.717, 1.165) is 29.4 Å². The molecule has 1 aromatic heterocycles. The molecule has 2 N–H and O–H groups in total. The van der Waals surface area contributed by atoms with Gasteiger partial charge in [-0.3, -0.25) is 4.90 Å². The van der Waals surface area contributed by atoms with Crippen molar-refractivity contribution < 1.29 is 5.11 Å². The second kappa shape index (κ2) is 5.88. The molecule has 0 saturated heterocycles. The van der Waals surface area contributed by atoms with E-state index in [0.29, 0.717) is 17.8 Å². The zero-order valence-electron chi connectivity index (χ0n) is 13.2. The normalized spacial score (nSPS) is 12.2. The fraction of sp³-hybridized carbons (Fsp3) is 0.529. The number of aryl methyl sites for hydroxylation is 1. The maximum atomic E-state index is 10.3. The minimum absolute atomic E-state index is 0.416. The van der Waals surface area contributed by atoms with E-state index in [1.165, 1.54) is 5.56 Å². The van der Waals surface area contributed by atoms with Gasteiger partial charge in [0.2, 0.25) is 0 Å². The summed E-state index contributed by atoms with van der Waals surface area (Å²) in [6.45, 7) is 11.9. The van der Waals surface area contributed by atoms with Crippen LogP contribution in [0.1, 0.15) is 38.8 Å². The van der Waals surface area contributed by atoms with Crippen molar-refractivity contribution in [3.63, 3.8) is 0 Å². The van der Waals surface area contributed by atoms with Crippen LogP contribution in [0.25, 0.3) is 10.9 Å². The van der Waals surface area contributed by atoms with Gasteiger partial charge in [-0.15, -0.1) is 0 Å². The second-order valence-electron chi connectivity index (χ2n) is 6.14. The van der Waals surface area contributed by atoms with Crippen molar-refractivity contribution in [2.24, 2.45) is 0 Å². The van der Waals surface area contributed by atoms with Gasteiger partial charge in [0.05, 0.1) is 0 Å². The highest BCUT2D eigenvalue weighted by Crippen LogP contribution is 2.31. The number of H-pyrrole nitrogens is 1. The van der Waals surface area contributed by atoms with Crippen LogP contribution < -0.4 is 0 Å². The number of nitrogens with one attached hydrogen (secondary N) is 1. The highest BCUT2D eigenvalue weighted by molar-refractivity contribution is 5.90. The topological polar surface area (TPSA) is 39.3 Å². The summed E-state index contributed by atoms with van der Waals surface area (Å²) in [4.78, 5) is 5.74. The van der Waals surface area contributed by atoms with Gasteiger partial charge in [-0.25, -0.2) is 0 Å². The lowest BCUT2D eigenvalue weighted by Crippen LogP contribution is -2.38. The van der Waals surface area contributed by atoms with E-state index < -0.39 is 0 Å². The molecule has 3 nitrogen and oxygen atoms in total. The van der Waals surface area contributed by atoms with Gasteiger partial charge in [0.25, 0.3) is 0 Å². The number of aromatic amines is 1. The Morgan fingerprint density at radius 3 is 2.40 bits per heavy atom. The van der Waals surface area contributed by atoms with E-state index >= 15 is 0 Å². The first kappa shape index (κ1) is 14.9. The molecule has 1 aromatic carbocycles. The molecule has 0 aliphatic heterocycles. The Kier molecular flexibility index (Phi) is 4.39. The minimum Gasteiger partial charge on any atom is -0.507 e. The van der Waals surface area contributed by atoms with E-state index in [-0.39, 0.29) is 0 Å². The van der Waals surface area contributed by atoms with Gasteiger partial charge >= 0.3 is 0 Å². The smallest absolute Gasteiger partial charge is 0.128 e. The minimum atomic E-state index is 0.416. The van der Waals surface area contributed by atoms with Crippen LogP contribution in [0, 0.1) is 6.92 Å². The lowest BCUT2D eigenvalue weighted by Gasteiger charge is -2.30. The van der Waals surface area contributed by atoms with E-state index in [2.05, 4.69) is 37.6 Å². The number of phenolic OH excluding ortho intramolecular Hbond substituents is 1. The van der Waals surface area contributed by atoms with Crippen molar-refractivity contribution in [1.82, 2.24) is 9.88 Å². The molecule has 3 heteroatoms. The van der Waals surface area contributed by atoms with E-state index in [1.807, 2.05) is 25.3 Å². The Balaban J connectivity index is 2.24. The third-order valence-electron chi connectivity index (χ3n) is 4.07. The quantitative estimate of drug-likeness (QED) is 0.869. The molecular weight excluding hydrogens is 248 g/mol. The van der Waals surface area contributed by atoms with Crippen LogP contribution in [-0.2, 0) is 6.42 Å². The molecule has 0 atom stereocenters. The summed E-state index contributed by atoms with van der Waals surface area (Å²) in [5, 5.41) is 11.3. The molecular formula is C17H26N2O. The van der Waals surface area contributed by atoms with E-state index in [1.54, 1.807) is 0 Å². The summed E-state index contributed by atoms with van der Waals surface area (Å²) >= 11 is 0. The summed E-state index contributed by atoms with van der Waals surface area (Å²) in [5.74, 6) is 0.416. The van der Waals surface area contributed by atoms with Crippen molar-refractivity contribution >= 4 is 10.9 Å². The first-order valence-electron chi connectivity index (χ1n) is 7.46. The molecule has 0 aliphatic carbocycles. The van der Waals surface area contributed by atoms with Crippen LogP contribution in [0.2, 0.25) is 0 Å². The number of aromatic nitrogens is 1. The van der Waals surface area contributed by atoms with Gasteiger partial charge in [0.15, 0.2) is 0 Å². The third-order valence-corrected chi connectivity index (χ3v) is 4.07. The number of aromatic hydroxyl groups is 1. The molecule has 0 spiro atoms. The maximum Gasteiger partial charge on any atom is 0.128 e. The summed E-state index contributed by atoms with van der Waals surface area (Å²) in [6.07, 6.45) is 2.98. The lowest BCUT2D eigenvalue weighted by molar-refractivity contribution is 0.177.